The lowest BCUT2D eigenvalue weighted by atomic mass is 10.1. The molecule has 0 spiro atoms. The number of ether oxygens (including phenoxy) is 4. The molecule has 0 N–H and O–H groups in total. The van der Waals surface area contributed by atoms with Gasteiger partial charge >= 0.3 is 0 Å². The molecule has 3 rings (SSSR count). The number of halogens is 1. The molecule has 0 amide bonds. The van der Waals surface area contributed by atoms with Gasteiger partial charge in [0.15, 0.2) is 0 Å². The molecule has 0 atom stereocenters. The van der Waals surface area contributed by atoms with Crippen molar-refractivity contribution in [2.75, 3.05) is 90.8 Å². The summed E-state index contributed by atoms with van der Waals surface area (Å²) in [5.41, 5.74) is 5.84. The quantitative estimate of drug-likeness (QED) is 0.175. The molecule has 206 valence electrons. The number of aryl methyl sites for hydroxylation is 1. The average Bonchev–Trinajstić information content (AvgIpc) is 2.90. The van der Waals surface area contributed by atoms with E-state index in [0.717, 1.165) is 62.2 Å². The van der Waals surface area contributed by atoms with E-state index in [1.165, 1.54) is 20.7 Å². The second-order valence-electron chi connectivity index (χ2n) is 8.87. The average molecular weight is 597 g/mol. The first-order valence-corrected chi connectivity index (χ1v) is 13.6. The highest BCUT2D eigenvalue weighted by atomic mass is 79.9. The van der Waals surface area contributed by atoms with E-state index in [4.69, 9.17) is 23.9 Å². The standard InChI is InChI=1S/C28H42N3O4S.BrH/c1-6-7-8-22-19-24(31(13-17-34-4)14-18-35-5)21-27-28(22)29-25-10-9-23(20-26(25)36-27)30(11-15-32-2)12-16-33-3;/h9-10,19-21H,6-8,11-18H2,1-5H3;1H/q+1;/p-1. The molecule has 1 aromatic heterocycles. The van der Waals surface area contributed by atoms with Gasteiger partial charge in [-0.15, -0.1) is 0 Å². The molecule has 0 aliphatic carbocycles. The number of nitrogens with zero attached hydrogens (tertiary/aromatic N) is 3. The molecule has 7 nitrogen and oxygen atoms in total. The van der Waals surface area contributed by atoms with E-state index in [2.05, 4.69) is 47.1 Å². The lowest BCUT2D eigenvalue weighted by molar-refractivity contribution is -0.00000886. The van der Waals surface area contributed by atoms with Gasteiger partial charge in [-0.25, -0.2) is 4.98 Å². The van der Waals surface area contributed by atoms with Gasteiger partial charge in [0.2, 0.25) is 11.3 Å². The third-order valence-electron chi connectivity index (χ3n) is 6.33. The molecule has 0 saturated carbocycles. The van der Waals surface area contributed by atoms with Gasteiger partial charge in [0, 0.05) is 78.1 Å². The summed E-state index contributed by atoms with van der Waals surface area (Å²) in [5.74, 6) is 0. The Labute approximate surface area is 236 Å². The molecule has 0 fully saturated rings. The van der Waals surface area contributed by atoms with Crippen LogP contribution in [0.5, 0.6) is 0 Å². The van der Waals surface area contributed by atoms with Gasteiger partial charge in [-0.2, -0.15) is 0 Å². The fourth-order valence-corrected chi connectivity index (χ4v) is 5.34. The Bertz CT molecular complexity index is 1070. The lowest BCUT2D eigenvalue weighted by Crippen LogP contribution is -3.00. The third-order valence-corrected chi connectivity index (χ3v) is 7.40. The van der Waals surface area contributed by atoms with E-state index in [0.29, 0.717) is 26.4 Å². The summed E-state index contributed by atoms with van der Waals surface area (Å²) < 4.78 is 23.9. The van der Waals surface area contributed by atoms with Gasteiger partial charge in [0.25, 0.3) is 9.40 Å². The van der Waals surface area contributed by atoms with Gasteiger partial charge in [-0.1, -0.05) is 13.3 Å². The van der Waals surface area contributed by atoms with Crippen LogP contribution in [0.2, 0.25) is 0 Å². The largest absolute Gasteiger partial charge is 1.00 e. The number of methoxy groups -OCH3 is 4. The first-order chi connectivity index (χ1) is 17.6. The van der Waals surface area contributed by atoms with Crippen LogP contribution in [0.15, 0.2) is 30.3 Å². The van der Waals surface area contributed by atoms with Crippen LogP contribution < -0.4 is 26.8 Å². The van der Waals surface area contributed by atoms with Gasteiger partial charge in [-0.05, 0) is 36.6 Å². The molecule has 9 heteroatoms. The molecule has 0 aliphatic rings. The molecule has 0 aliphatic heterocycles. The first-order valence-electron chi connectivity index (χ1n) is 12.8. The molecule has 2 aromatic carbocycles. The Balaban J connectivity index is 0.00000481. The van der Waals surface area contributed by atoms with Crippen molar-refractivity contribution < 1.29 is 35.9 Å². The summed E-state index contributed by atoms with van der Waals surface area (Å²) in [6, 6.07) is 11.2. The molecule has 3 aromatic rings. The number of benzene rings is 2. The fourth-order valence-electron chi connectivity index (χ4n) is 4.25. The Hall–Kier alpha value is -1.62. The molecule has 37 heavy (non-hydrogen) atoms. The number of anilines is 2. The number of hydrogen-bond acceptors (Lipinski definition) is 7. The molecular formula is C28H42BrN3O4S. The van der Waals surface area contributed by atoms with E-state index in [1.807, 2.05) is 11.3 Å². The van der Waals surface area contributed by atoms with Crippen molar-refractivity contribution >= 4 is 43.1 Å². The second-order valence-corrected chi connectivity index (χ2v) is 9.95. The first kappa shape index (κ1) is 31.6. The van der Waals surface area contributed by atoms with Crippen molar-refractivity contribution in [1.82, 2.24) is 4.98 Å². The molecular weight excluding hydrogens is 554 g/mol. The Morgan fingerprint density at radius 3 is 1.81 bits per heavy atom. The van der Waals surface area contributed by atoms with Gasteiger partial charge in [0.1, 0.15) is 11.0 Å². The Morgan fingerprint density at radius 1 is 0.730 bits per heavy atom. The molecule has 0 bridgehead atoms. The van der Waals surface area contributed by atoms with Gasteiger partial charge in [-0.3, -0.25) is 0 Å². The van der Waals surface area contributed by atoms with Crippen molar-refractivity contribution in [2.24, 2.45) is 0 Å². The fraction of sp³-hybridized carbons (Fsp3) is 0.571. The van der Waals surface area contributed by atoms with Crippen LogP contribution in [0.25, 0.3) is 20.4 Å². The van der Waals surface area contributed by atoms with Crippen LogP contribution in [-0.2, 0) is 25.4 Å². The number of hydrogen-bond donors (Lipinski definition) is 0. The predicted molar refractivity (Wildman–Crippen MR) is 152 cm³/mol. The summed E-state index contributed by atoms with van der Waals surface area (Å²) in [6.45, 7) is 8.20. The minimum Gasteiger partial charge on any atom is -1.00 e. The molecule has 0 saturated heterocycles. The van der Waals surface area contributed by atoms with Gasteiger partial charge < -0.3 is 45.7 Å². The minimum atomic E-state index is 0. The smallest absolute Gasteiger partial charge is 0.259 e. The van der Waals surface area contributed by atoms with Crippen LogP contribution in [0.4, 0.5) is 11.4 Å². The number of rotatable bonds is 17. The predicted octanol–water partition coefficient (Wildman–Crippen LogP) is 2.28. The maximum absolute atomic E-state index is 5.39. The zero-order valence-corrected chi connectivity index (χ0v) is 25.3. The van der Waals surface area contributed by atoms with Crippen molar-refractivity contribution in [1.29, 1.82) is 0 Å². The van der Waals surface area contributed by atoms with Crippen LogP contribution in [0.1, 0.15) is 25.3 Å². The zero-order chi connectivity index (χ0) is 25.8. The highest BCUT2D eigenvalue weighted by molar-refractivity contribution is 7.24. The maximum atomic E-state index is 5.39. The normalized spacial score (nSPS) is 11.2. The number of unbranched alkanes of at least 4 members (excludes halogenated alkanes) is 1. The zero-order valence-electron chi connectivity index (χ0n) is 22.9. The Morgan fingerprint density at radius 2 is 1.27 bits per heavy atom. The van der Waals surface area contributed by atoms with E-state index >= 15 is 0 Å². The summed E-state index contributed by atoms with van der Waals surface area (Å²) in [6.07, 6.45) is 3.32. The summed E-state index contributed by atoms with van der Waals surface area (Å²) >= 11 is 1.82. The van der Waals surface area contributed by atoms with Crippen molar-refractivity contribution in [3.63, 3.8) is 0 Å². The molecule has 0 radical (unpaired) electrons. The Kier molecular flexibility index (Phi) is 14.6. The lowest BCUT2D eigenvalue weighted by Gasteiger charge is -2.25. The molecule has 0 unspecified atom stereocenters. The van der Waals surface area contributed by atoms with Crippen LogP contribution in [0.3, 0.4) is 0 Å². The topological polar surface area (TPSA) is 56.3 Å². The van der Waals surface area contributed by atoms with E-state index in [1.54, 1.807) is 28.4 Å². The number of aromatic nitrogens is 1. The molecule has 1 heterocycles. The van der Waals surface area contributed by atoms with E-state index < -0.39 is 0 Å². The SMILES string of the molecule is CCCCc1cc(N(CCOC)CCOC)cc2[s+]c3cc(N(CCOC)CCOC)ccc3nc12.[Br-]. The summed E-state index contributed by atoms with van der Waals surface area (Å²) in [4.78, 5) is 9.82. The highest BCUT2D eigenvalue weighted by Gasteiger charge is 2.20. The second kappa shape index (κ2) is 17.1. The van der Waals surface area contributed by atoms with Crippen LogP contribution in [0, 0.1) is 0 Å². The van der Waals surface area contributed by atoms with Crippen molar-refractivity contribution in [3.8, 4) is 0 Å². The third kappa shape index (κ3) is 8.97. The minimum absolute atomic E-state index is 0. The van der Waals surface area contributed by atoms with Crippen molar-refractivity contribution in [2.45, 2.75) is 26.2 Å². The van der Waals surface area contributed by atoms with Crippen molar-refractivity contribution in [3.05, 3.63) is 35.9 Å². The van der Waals surface area contributed by atoms with Crippen LogP contribution >= 0.6 is 11.3 Å². The monoisotopic (exact) mass is 595 g/mol. The van der Waals surface area contributed by atoms with E-state index in [-0.39, 0.29) is 17.0 Å². The number of fused-ring (bicyclic) bond motifs is 2. The van der Waals surface area contributed by atoms with E-state index in [9.17, 15) is 0 Å². The summed E-state index contributed by atoms with van der Waals surface area (Å²) in [5, 5.41) is 0. The highest BCUT2D eigenvalue weighted by Crippen LogP contribution is 2.34. The van der Waals surface area contributed by atoms with Crippen LogP contribution in [-0.4, -0.2) is 86.0 Å². The van der Waals surface area contributed by atoms with Gasteiger partial charge in [0.05, 0.1) is 26.4 Å². The maximum Gasteiger partial charge on any atom is 0.259 e. The summed E-state index contributed by atoms with van der Waals surface area (Å²) in [7, 11) is 6.98.